The predicted octanol–water partition coefficient (Wildman–Crippen LogP) is 3.66. The van der Waals surface area contributed by atoms with Crippen LogP contribution in [0, 0.1) is 23.0 Å². The Bertz CT molecular complexity index is 1020. The van der Waals surface area contributed by atoms with Crippen molar-refractivity contribution in [2.75, 3.05) is 31.1 Å². The quantitative estimate of drug-likeness (QED) is 0.526. The average molecular weight is 459 g/mol. The number of aryl methyl sites for hydroxylation is 1. The lowest BCUT2D eigenvalue weighted by atomic mass is 10.0. The zero-order valence-electron chi connectivity index (χ0n) is 18.4. The third-order valence-corrected chi connectivity index (χ3v) is 5.91. The molecule has 1 heterocycles. The Labute approximate surface area is 192 Å². The molecule has 0 aliphatic carbocycles. The largest absolute Gasteiger partial charge is 0.362 e. The van der Waals surface area contributed by atoms with Gasteiger partial charge in [0.1, 0.15) is 11.7 Å². The highest BCUT2D eigenvalue weighted by Crippen LogP contribution is 2.31. The minimum Gasteiger partial charge on any atom is -0.362 e. The molecule has 9 heteroatoms. The number of rotatable bonds is 6. The number of nitrogens with zero attached hydrogens (tertiary/aromatic N) is 3. The van der Waals surface area contributed by atoms with Crippen LogP contribution in [-0.4, -0.2) is 53.9 Å². The molecule has 0 saturated carbocycles. The molecule has 1 saturated heterocycles. The van der Waals surface area contributed by atoms with Crippen molar-refractivity contribution in [2.45, 2.75) is 26.8 Å². The zero-order valence-corrected chi connectivity index (χ0v) is 19.1. The topological polar surface area (TPSA) is 95.8 Å². The van der Waals surface area contributed by atoms with Gasteiger partial charge in [-0.25, -0.2) is 0 Å². The van der Waals surface area contributed by atoms with E-state index in [2.05, 4.69) is 5.32 Å². The molecule has 1 aliphatic rings. The van der Waals surface area contributed by atoms with E-state index in [-0.39, 0.29) is 23.4 Å². The summed E-state index contributed by atoms with van der Waals surface area (Å²) in [5, 5.41) is 14.6. The molecule has 8 nitrogen and oxygen atoms in total. The average Bonchev–Trinajstić information content (AvgIpc) is 2.77. The van der Waals surface area contributed by atoms with Crippen molar-refractivity contribution in [2.24, 2.45) is 5.92 Å². The molecule has 2 aromatic rings. The van der Waals surface area contributed by atoms with Gasteiger partial charge in [0.25, 0.3) is 11.6 Å². The van der Waals surface area contributed by atoms with Gasteiger partial charge in [0.15, 0.2) is 0 Å². The first kappa shape index (κ1) is 23.5. The van der Waals surface area contributed by atoms with E-state index in [1.165, 1.54) is 6.07 Å². The summed E-state index contributed by atoms with van der Waals surface area (Å²) < 4.78 is 0. The maximum atomic E-state index is 13.2. The lowest BCUT2D eigenvalue weighted by Crippen LogP contribution is -2.56. The van der Waals surface area contributed by atoms with Crippen LogP contribution >= 0.6 is 11.6 Å². The Morgan fingerprint density at radius 1 is 1.09 bits per heavy atom. The summed E-state index contributed by atoms with van der Waals surface area (Å²) in [6, 6.07) is 11.2. The summed E-state index contributed by atoms with van der Waals surface area (Å²) in [6.07, 6.45) is 0. The molecule has 0 bridgehead atoms. The van der Waals surface area contributed by atoms with Crippen LogP contribution in [0.15, 0.2) is 42.5 Å². The van der Waals surface area contributed by atoms with E-state index in [0.717, 1.165) is 5.56 Å². The smallest absolute Gasteiger partial charge is 0.294 e. The maximum Gasteiger partial charge on any atom is 0.294 e. The van der Waals surface area contributed by atoms with Crippen molar-refractivity contribution < 1.29 is 14.5 Å². The predicted molar refractivity (Wildman–Crippen MR) is 124 cm³/mol. The molecule has 1 fully saturated rings. The summed E-state index contributed by atoms with van der Waals surface area (Å²) in [4.78, 5) is 40.5. The minimum absolute atomic E-state index is 0.0529. The molecular weight excluding hydrogens is 432 g/mol. The fraction of sp³-hybridized carbons (Fsp3) is 0.391. The van der Waals surface area contributed by atoms with Crippen LogP contribution in [-0.2, 0) is 4.79 Å². The molecule has 2 amide bonds. The summed E-state index contributed by atoms with van der Waals surface area (Å²) in [5.41, 5.74) is 1.83. The first-order chi connectivity index (χ1) is 15.2. The number of anilines is 1. The third-order valence-electron chi connectivity index (χ3n) is 5.68. The van der Waals surface area contributed by atoms with Crippen molar-refractivity contribution >= 4 is 34.8 Å². The second-order valence-electron chi connectivity index (χ2n) is 8.21. The van der Waals surface area contributed by atoms with Gasteiger partial charge in [-0.05, 0) is 36.6 Å². The Hall–Kier alpha value is -3.13. The number of halogens is 1. The standard InChI is InChI=1S/C23H27ClN4O4/c1-15(2)21(25-22(29)18-7-5-4-6-16(18)3)23(30)27-12-10-26(11-13-27)19-9-8-17(24)14-20(19)28(31)32/h4-9,14-15,21H,10-13H2,1-3H3,(H,25,29). The molecule has 1 atom stereocenters. The van der Waals surface area contributed by atoms with E-state index in [1.54, 1.807) is 29.2 Å². The van der Waals surface area contributed by atoms with Crippen LogP contribution in [0.3, 0.4) is 0 Å². The van der Waals surface area contributed by atoms with E-state index in [0.29, 0.717) is 42.5 Å². The SMILES string of the molecule is Cc1ccccc1C(=O)NC(C(=O)N1CCN(c2ccc(Cl)cc2[N+](=O)[O-])CC1)C(C)C. The van der Waals surface area contributed by atoms with Gasteiger partial charge < -0.3 is 15.1 Å². The fourth-order valence-corrected chi connectivity index (χ4v) is 4.00. The molecule has 1 aliphatic heterocycles. The number of hydrogen-bond donors (Lipinski definition) is 1. The molecule has 2 aromatic carbocycles. The van der Waals surface area contributed by atoms with E-state index < -0.39 is 11.0 Å². The summed E-state index contributed by atoms with van der Waals surface area (Å²) >= 11 is 5.91. The Kier molecular flexibility index (Phi) is 7.35. The highest BCUT2D eigenvalue weighted by atomic mass is 35.5. The van der Waals surface area contributed by atoms with Gasteiger partial charge in [0.2, 0.25) is 5.91 Å². The van der Waals surface area contributed by atoms with Gasteiger partial charge in [-0.1, -0.05) is 43.6 Å². The van der Waals surface area contributed by atoms with Gasteiger partial charge in [0, 0.05) is 42.8 Å². The van der Waals surface area contributed by atoms with Crippen molar-refractivity contribution in [1.82, 2.24) is 10.2 Å². The number of piperazine rings is 1. The van der Waals surface area contributed by atoms with Crippen molar-refractivity contribution in [1.29, 1.82) is 0 Å². The number of nitrogens with one attached hydrogen (secondary N) is 1. The normalized spacial score (nSPS) is 14.9. The Balaban J connectivity index is 1.69. The molecule has 3 rings (SSSR count). The minimum atomic E-state index is -0.654. The maximum absolute atomic E-state index is 13.2. The lowest BCUT2D eigenvalue weighted by Gasteiger charge is -2.38. The molecule has 1 unspecified atom stereocenters. The first-order valence-corrected chi connectivity index (χ1v) is 10.9. The van der Waals surface area contributed by atoms with E-state index in [1.807, 2.05) is 37.8 Å². The van der Waals surface area contributed by atoms with Crippen LogP contribution in [0.1, 0.15) is 29.8 Å². The first-order valence-electron chi connectivity index (χ1n) is 10.5. The molecular formula is C23H27ClN4O4. The molecule has 0 aromatic heterocycles. The van der Waals surface area contributed by atoms with Crippen molar-refractivity contribution in [3.63, 3.8) is 0 Å². The molecule has 170 valence electrons. The van der Waals surface area contributed by atoms with Gasteiger partial charge in [-0.15, -0.1) is 0 Å². The van der Waals surface area contributed by atoms with Crippen LogP contribution < -0.4 is 10.2 Å². The number of benzene rings is 2. The van der Waals surface area contributed by atoms with Crippen LogP contribution in [0.25, 0.3) is 0 Å². The van der Waals surface area contributed by atoms with Gasteiger partial charge in [0.05, 0.1) is 4.92 Å². The van der Waals surface area contributed by atoms with E-state index in [4.69, 9.17) is 11.6 Å². The summed E-state index contributed by atoms with van der Waals surface area (Å²) in [7, 11) is 0. The summed E-state index contributed by atoms with van der Waals surface area (Å²) in [6.45, 7) is 7.36. The second-order valence-corrected chi connectivity index (χ2v) is 8.65. The highest BCUT2D eigenvalue weighted by Gasteiger charge is 2.32. The second kappa shape index (κ2) is 9.99. The molecule has 0 radical (unpaired) electrons. The molecule has 1 N–H and O–H groups in total. The number of carbonyl (C=O) groups is 2. The van der Waals surface area contributed by atoms with Crippen LogP contribution in [0.4, 0.5) is 11.4 Å². The van der Waals surface area contributed by atoms with E-state index >= 15 is 0 Å². The van der Waals surface area contributed by atoms with Gasteiger partial charge in [-0.2, -0.15) is 0 Å². The highest BCUT2D eigenvalue weighted by molar-refractivity contribution is 6.30. The monoisotopic (exact) mass is 458 g/mol. The molecule has 32 heavy (non-hydrogen) atoms. The Morgan fingerprint density at radius 2 is 1.75 bits per heavy atom. The molecule has 0 spiro atoms. The lowest BCUT2D eigenvalue weighted by molar-refractivity contribution is -0.384. The third kappa shape index (κ3) is 5.19. The van der Waals surface area contributed by atoms with Crippen LogP contribution in [0.5, 0.6) is 0 Å². The van der Waals surface area contributed by atoms with Gasteiger partial charge >= 0.3 is 0 Å². The number of nitro groups is 1. The van der Waals surface area contributed by atoms with Crippen molar-refractivity contribution in [3.8, 4) is 0 Å². The summed E-state index contributed by atoms with van der Waals surface area (Å²) in [5.74, 6) is -0.511. The fourth-order valence-electron chi connectivity index (χ4n) is 3.83. The number of amides is 2. The Morgan fingerprint density at radius 3 is 2.34 bits per heavy atom. The van der Waals surface area contributed by atoms with Gasteiger partial charge in [-0.3, -0.25) is 19.7 Å². The van der Waals surface area contributed by atoms with Crippen LogP contribution in [0.2, 0.25) is 5.02 Å². The number of hydrogen-bond acceptors (Lipinski definition) is 5. The number of nitro benzene ring substituents is 1. The number of carbonyl (C=O) groups excluding carboxylic acids is 2. The zero-order chi connectivity index (χ0) is 23.4. The van der Waals surface area contributed by atoms with Crippen molar-refractivity contribution in [3.05, 3.63) is 68.7 Å². The van der Waals surface area contributed by atoms with E-state index in [9.17, 15) is 19.7 Å².